The third-order valence-corrected chi connectivity index (χ3v) is 2.47. The van der Waals surface area contributed by atoms with Crippen LogP contribution in [0.1, 0.15) is 11.1 Å². The summed E-state index contributed by atoms with van der Waals surface area (Å²) in [6.45, 7) is 1.57. The van der Waals surface area contributed by atoms with Crippen LogP contribution >= 0.6 is 11.6 Å². The molecule has 2 rings (SSSR count). The molecule has 0 aliphatic carbocycles. The topological polar surface area (TPSA) is 26.0 Å². The Labute approximate surface area is 100 Å². The lowest BCUT2D eigenvalue weighted by atomic mass is 10.0. The Balaban J connectivity index is 2.45. The van der Waals surface area contributed by atoms with Gasteiger partial charge in [0.25, 0.3) is 5.35 Å². The van der Waals surface area contributed by atoms with Crippen LogP contribution in [-0.2, 0) is 6.18 Å². The highest BCUT2D eigenvalue weighted by molar-refractivity contribution is 6.27. The van der Waals surface area contributed by atoms with E-state index >= 15 is 0 Å². The van der Waals surface area contributed by atoms with Gasteiger partial charge in [-0.25, -0.2) is 4.98 Å². The second-order valence-corrected chi connectivity index (χ2v) is 3.83. The van der Waals surface area contributed by atoms with Crippen molar-refractivity contribution in [2.75, 3.05) is 0 Å². The fourth-order valence-electron chi connectivity index (χ4n) is 1.49. The van der Waals surface area contributed by atoms with E-state index in [1.54, 1.807) is 6.92 Å². The molecule has 0 bridgehead atoms. The Bertz CT molecular complexity index is 548. The summed E-state index contributed by atoms with van der Waals surface area (Å²) in [5, 5.41) is -0.0423. The molecule has 0 atom stereocenters. The van der Waals surface area contributed by atoms with Gasteiger partial charge in [0.15, 0.2) is 5.76 Å². The number of rotatable bonds is 1. The van der Waals surface area contributed by atoms with E-state index in [-0.39, 0.29) is 5.35 Å². The summed E-state index contributed by atoms with van der Waals surface area (Å²) in [4.78, 5) is 3.68. The smallest absolute Gasteiger partial charge is 0.416 e. The molecule has 6 heteroatoms. The van der Waals surface area contributed by atoms with Crippen molar-refractivity contribution in [2.45, 2.75) is 13.1 Å². The maximum atomic E-state index is 12.4. The normalized spacial score (nSPS) is 11.8. The van der Waals surface area contributed by atoms with Crippen LogP contribution in [0.4, 0.5) is 13.2 Å². The molecule has 0 amide bonds. The van der Waals surface area contributed by atoms with E-state index < -0.39 is 11.7 Å². The molecule has 0 saturated heterocycles. The van der Waals surface area contributed by atoms with Gasteiger partial charge in [0.1, 0.15) is 0 Å². The number of nitrogens with zero attached hydrogens (tertiary/aromatic N) is 1. The van der Waals surface area contributed by atoms with Gasteiger partial charge in [-0.15, -0.1) is 0 Å². The van der Waals surface area contributed by atoms with Gasteiger partial charge >= 0.3 is 6.18 Å². The molecular weight excluding hydrogens is 255 g/mol. The number of aromatic nitrogens is 1. The van der Waals surface area contributed by atoms with Crippen LogP contribution in [0.25, 0.3) is 11.3 Å². The molecule has 0 aliphatic heterocycles. The largest absolute Gasteiger partial charge is 0.428 e. The van der Waals surface area contributed by atoms with Crippen LogP contribution in [0.5, 0.6) is 0 Å². The molecule has 1 aromatic heterocycles. The summed E-state index contributed by atoms with van der Waals surface area (Å²) in [6, 6.07) is 3.40. The molecule has 0 unspecified atom stereocenters. The van der Waals surface area contributed by atoms with Gasteiger partial charge < -0.3 is 4.42 Å². The predicted octanol–water partition coefficient (Wildman–Crippen LogP) is 4.32. The van der Waals surface area contributed by atoms with Crippen LogP contribution in [0.15, 0.2) is 28.8 Å². The SMILES string of the molecule is Cc1cc(C(F)(F)F)ccc1-c1cnc(Cl)o1. The molecular formula is C11H7ClF3NO. The summed E-state index contributed by atoms with van der Waals surface area (Å²) in [7, 11) is 0. The lowest BCUT2D eigenvalue weighted by molar-refractivity contribution is -0.137. The minimum absolute atomic E-state index is 0.0423. The number of benzene rings is 1. The van der Waals surface area contributed by atoms with Crippen molar-refractivity contribution >= 4 is 11.6 Å². The summed E-state index contributed by atoms with van der Waals surface area (Å²) in [5.41, 5.74) is 0.300. The first-order valence-electron chi connectivity index (χ1n) is 4.67. The van der Waals surface area contributed by atoms with Crippen LogP contribution in [0.2, 0.25) is 5.35 Å². The average Bonchev–Trinajstić information content (AvgIpc) is 2.63. The van der Waals surface area contributed by atoms with Crippen molar-refractivity contribution in [1.82, 2.24) is 4.98 Å². The summed E-state index contributed by atoms with van der Waals surface area (Å²) >= 11 is 5.51. The molecule has 1 aromatic carbocycles. The summed E-state index contributed by atoms with van der Waals surface area (Å²) in [5.74, 6) is 0.348. The molecule has 90 valence electrons. The van der Waals surface area contributed by atoms with Gasteiger partial charge in [0.05, 0.1) is 11.8 Å². The zero-order valence-corrected chi connectivity index (χ0v) is 9.43. The quantitative estimate of drug-likeness (QED) is 0.764. The number of hydrogen-bond donors (Lipinski definition) is 0. The first-order valence-corrected chi connectivity index (χ1v) is 5.05. The molecule has 1 heterocycles. The number of alkyl halides is 3. The lowest BCUT2D eigenvalue weighted by Crippen LogP contribution is -2.05. The van der Waals surface area contributed by atoms with Gasteiger partial charge in [-0.1, -0.05) is 6.07 Å². The third-order valence-electron chi connectivity index (χ3n) is 2.30. The second kappa shape index (κ2) is 4.07. The highest BCUT2D eigenvalue weighted by Gasteiger charge is 2.30. The fourth-order valence-corrected chi connectivity index (χ4v) is 1.63. The van der Waals surface area contributed by atoms with Crippen molar-refractivity contribution in [1.29, 1.82) is 0 Å². The second-order valence-electron chi connectivity index (χ2n) is 3.50. The zero-order chi connectivity index (χ0) is 12.6. The van der Waals surface area contributed by atoms with Crippen molar-refractivity contribution in [3.05, 3.63) is 40.9 Å². The van der Waals surface area contributed by atoms with E-state index in [4.69, 9.17) is 16.0 Å². The predicted molar refractivity (Wildman–Crippen MR) is 56.7 cm³/mol. The summed E-state index contributed by atoms with van der Waals surface area (Å²) in [6.07, 6.45) is -2.97. The Morgan fingerprint density at radius 3 is 2.47 bits per heavy atom. The van der Waals surface area contributed by atoms with E-state index in [0.29, 0.717) is 16.9 Å². The molecule has 2 nitrogen and oxygen atoms in total. The average molecular weight is 262 g/mol. The van der Waals surface area contributed by atoms with Crippen molar-refractivity contribution in [2.24, 2.45) is 0 Å². The fraction of sp³-hybridized carbons (Fsp3) is 0.182. The van der Waals surface area contributed by atoms with E-state index in [0.717, 1.165) is 12.1 Å². The maximum absolute atomic E-state index is 12.4. The zero-order valence-electron chi connectivity index (χ0n) is 8.68. The molecule has 0 aliphatic rings. The molecule has 0 spiro atoms. The van der Waals surface area contributed by atoms with Gasteiger partial charge in [0, 0.05) is 5.56 Å². The van der Waals surface area contributed by atoms with Crippen molar-refractivity contribution < 1.29 is 17.6 Å². The van der Waals surface area contributed by atoms with Gasteiger partial charge in [-0.2, -0.15) is 13.2 Å². The molecule has 17 heavy (non-hydrogen) atoms. The number of oxazole rings is 1. The molecule has 2 aromatic rings. The standard InChI is InChI=1S/C11H7ClF3NO/c1-6-4-7(11(13,14)15)2-3-8(6)9-5-16-10(12)17-9/h2-5H,1H3. The lowest BCUT2D eigenvalue weighted by Gasteiger charge is -2.09. The van der Waals surface area contributed by atoms with Gasteiger partial charge in [0.2, 0.25) is 0 Å². The highest BCUT2D eigenvalue weighted by Crippen LogP contribution is 2.33. The van der Waals surface area contributed by atoms with Crippen LogP contribution < -0.4 is 0 Å². The van der Waals surface area contributed by atoms with Crippen molar-refractivity contribution in [3.8, 4) is 11.3 Å². The van der Waals surface area contributed by atoms with E-state index in [9.17, 15) is 13.2 Å². The number of halogens is 4. The molecule has 0 fully saturated rings. The minimum Gasteiger partial charge on any atom is -0.428 e. The first kappa shape index (κ1) is 12.0. The Morgan fingerprint density at radius 2 is 2.00 bits per heavy atom. The van der Waals surface area contributed by atoms with E-state index in [1.165, 1.54) is 12.3 Å². The van der Waals surface area contributed by atoms with Crippen molar-refractivity contribution in [3.63, 3.8) is 0 Å². The van der Waals surface area contributed by atoms with Crippen LogP contribution in [0.3, 0.4) is 0 Å². The first-order chi connectivity index (χ1) is 7.88. The highest BCUT2D eigenvalue weighted by atomic mass is 35.5. The molecule has 0 N–H and O–H groups in total. The van der Waals surface area contributed by atoms with Crippen LogP contribution in [0, 0.1) is 6.92 Å². The van der Waals surface area contributed by atoms with E-state index in [2.05, 4.69) is 4.98 Å². The maximum Gasteiger partial charge on any atom is 0.416 e. The number of hydrogen-bond acceptors (Lipinski definition) is 2. The Hall–Kier alpha value is -1.49. The monoisotopic (exact) mass is 261 g/mol. The number of aryl methyl sites for hydroxylation is 1. The minimum atomic E-state index is -4.34. The van der Waals surface area contributed by atoms with Gasteiger partial charge in [-0.05, 0) is 36.2 Å². The Kier molecular flexibility index (Phi) is 2.87. The summed E-state index contributed by atoms with van der Waals surface area (Å²) < 4.78 is 42.4. The molecule has 0 radical (unpaired) electrons. The molecule has 0 saturated carbocycles. The Morgan fingerprint density at radius 1 is 1.29 bits per heavy atom. The van der Waals surface area contributed by atoms with E-state index in [1.807, 2.05) is 0 Å². The van der Waals surface area contributed by atoms with Crippen LogP contribution in [-0.4, -0.2) is 4.98 Å². The van der Waals surface area contributed by atoms with Gasteiger partial charge in [-0.3, -0.25) is 0 Å². The third kappa shape index (κ3) is 2.44.